The molecule has 1 N–H and O–H groups in total. The number of nitrogens with one attached hydrogen (secondary N) is 1. The van der Waals surface area contributed by atoms with Gasteiger partial charge in [0.05, 0.1) is 5.56 Å². The lowest BCUT2D eigenvalue weighted by Crippen LogP contribution is -2.22. The summed E-state index contributed by atoms with van der Waals surface area (Å²) in [6, 6.07) is 2.57. The van der Waals surface area contributed by atoms with Crippen LogP contribution < -0.4 is 5.32 Å². The Morgan fingerprint density at radius 1 is 1.64 bits per heavy atom. The third-order valence-electron chi connectivity index (χ3n) is 1.53. The summed E-state index contributed by atoms with van der Waals surface area (Å²) in [7, 11) is 0. The lowest BCUT2D eigenvalue weighted by Gasteiger charge is -1.98. The zero-order chi connectivity index (χ0) is 10.6. The number of carbonyl (C=O) groups excluding carboxylic acids is 1. The Hall–Kier alpha value is -1.98. The van der Waals surface area contributed by atoms with Gasteiger partial charge in [-0.3, -0.25) is 4.79 Å². The van der Waals surface area contributed by atoms with Gasteiger partial charge in [-0.05, 0) is 22.9 Å². The Balaban J connectivity index is 2.83. The highest BCUT2D eigenvalue weighted by Gasteiger charge is 2.10. The van der Waals surface area contributed by atoms with Crippen LogP contribution in [0.3, 0.4) is 0 Å². The lowest BCUT2D eigenvalue weighted by atomic mass is 10.2. The van der Waals surface area contributed by atoms with Crippen LogP contribution in [0.4, 0.5) is 5.82 Å². The molecule has 0 spiro atoms. The standard InChI is InChI=1S/C8H9N3O3/c1-2-9-8(12)6-3-4-7(10-5-6)11(13)14/h3-5H,2H2,1H3,(H,9,12). The van der Waals surface area contributed by atoms with Gasteiger partial charge >= 0.3 is 5.82 Å². The maximum Gasteiger partial charge on any atom is 0.363 e. The molecular formula is C8H9N3O3. The summed E-state index contributed by atoms with van der Waals surface area (Å²) in [5, 5.41) is 12.8. The van der Waals surface area contributed by atoms with Crippen molar-refractivity contribution in [2.45, 2.75) is 6.92 Å². The van der Waals surface area contributed by atoms with Gasteiger partial charge in [-0.15, -0.1) is 0 Å². The van der Waals surface area contributed by atoms with E-state index in [4.69, 9.17) is 0 Å². The monoisotopic (exact) mass is 195 g/mol. The normalized spacial score (nSPS) is 9.50. The number of hydrogen-bond acceptors (Lipinski definition) is 4. The second-order valence-electron chi connectivity index (χ2n) is 2.52. The van der Waals surface area contributed by atoms with Gasteiger partial charge in [0.2, 0.25) is 0 Å². The first-order valence-corrected chi connectivity index (χ1v) is 4.03. The van der Waals surface area contributed by atoms with E-state index < -0.39 is 4.92 Å². The molecule has 1 heterocycles. The molecule has 1 aromatic heterocycles. The van der Waals surface area contributed by atoms with Crippen molar-refractivity contribution in [1.29, 1.82) is 0 Å². The highest BCUT2D eigenvalue weighted by Crippen LogP contribution is 2.06. The Bertz CT molecular complexity index is 347. The number of aromatic nitrogens is 1. The number of nitro groups is 1. The molecule has 0 saturated carbocycles. The molecule has 1 amide bonds. The van der Waals surface area contributed by atoms with E-state index in [1.807, 2.05) is 0 Å². The molecule has 0 aliphatic rings. The quantitative estimate of drug-likeness (QED) is 0.569. The topological polar surface area (TPSA) is 85.1 Å². The molecule has 74 valence electrons. The van der Waals surface area contributed by atoms with Crippen LogP contribution in [0.5, 0.6) is 0 Å². The smallest absolute Gasteiger partial charge is 0.358 e. The molecule has 1 rings (SSSR count). The van der Waals surface area contributed by atoms with Crippen molar-refractivity contribution in [1.82, 2.24) is 10.3 Å². The first-order valence-electron chi connectivity index (χ1n) is 4.03. The molecule has 0 atom stereocenters. The van der Waals surface area contributed by atoms with Crippen LogP contribution in [-0.4, -0.2) is 22.4 Å². The summed E-state index contributed by atoms with van der Waals surface area (Å²) in [5.41, 5.74) is 0.317. The van der Waals surface area contributed by atoms with Crippen LogP contribution >= 0.6 is 0 Å². The minimum Gasteiger partial charge on any atom is -0.358 e. The molecule has 0 bridgehead atoms. The molecular weight excluding hydrogens is 186 g/mol. The van der Waals surface area contributed by atoms with Gasteiger partial charge in [0.15, 0.2) is 6.20 Å². The highest BCUT2D eigenvalue weighted by atomic mass is 16.6. The van der Waals surface area contributed by atoms with Gasteiger partial charge in [-0.25, -0.2) is 0 Å². The molecule has 6 nitrogen and oxygen atoms in total. The Morgan fingerprint density at radius 2 is 2.36 bits per heavy atom. The third kappa shape index (κ3) is 2.25. The van der Waals surface area contributed by atoms with Crippen LogP contribution in [0.2, 0.25) is 0 Å². The lowest BCUT2D eigenvalue weighted by molar-refractivity contribution is -0.389. The largest absolute Gasteiger partial charge is 0.363 e. The Morgan fingerprint density at radius 3 is 2.79 bits per heavy atom. The third-order valence-corrected chi connectivity index (χ3v) is 1.53. The number of amides is 1. The van der Waals surface area contributed by atoms with Crippen LogP contribution in [0, 0.1) is 10.1 Å². The SMILES string of the molecule is CCNC(=O)c1ccc([N+](=O)[O-])nc1. The second-order valence-corrected chi connectivity index (χ2v) is 2.52. The van der Waals surface area contributed by atoms with Gasteiger partial charge < -0.3 is 15.4 Å². The average molecular weight is 195 g/mol. The molecule has 0 radical (unpaired) electrons. The van der Waals surface area contributed by atoms with Gasteiger partial charge in [0, 0.05) is 12.6 Å². The predicted octanol–water partition coefficient (Wildman–Crippen LogP) is 0.740. The van der Waals surface area contributed by atoms with E-state index in [0.29, 0.717) is 12.1 Å². The van der Waals surface area contributed by atoms with Crippen molar-refractivity contribution in [3.05, 3.63) is 34.0 Å². The van der Waals surface area contributed by atoms with E-state index in [2.05, 4.69) is 10.3 Å². The summed E-state index contributed by atoms with van der Waals surface area (Å²) >= 11 is 0. The zero-order valence-electron chi connectivity index (χ0n) is 7.56. The second kappa shape index (κ2) is 4.31. The summed E-state index contributed by atoms with van der Waals surface area (Å²) in [6.07, 6.45) is 1.18. The van der Waals surface area contributed by atoms with Gasteiger partial charge in [0.1, 0.15) is 0 Å². The summed E-state index contributed by atoms with van der Waals surface area (Å²) in [5.74, 6) is -0.548. The molecule has 0 aliphatic heterocycles. The number of carbonyl (C=O) groups is 1. The van der Waals surface area contributed by atoms with Crippen molar-refractivity contribution in [3.8, 4) is 0 Å². The minimum absolute atomic E-state index is 0.266. The minimum atomic E-state index is -0.610. The molecule has 0 aliphatic carbocycles. The molecule has 6 heteroatoms. The van der Waals surface area contributed by atoms with E-state index in [0.717, 1.165) is 0 Å². The Labute approximate surface area is 80.1 Å². The van der Waals surface area contributed by atoms with Crippen molar-refractivity contribution in [2.75, 3.05) is 6.54 Å². The van der Waals surface area contributed by atoms with Crippen LogP contribution in [0.15, 0.2) is 18.3 Å². The number of pyridine rings is 1. The summed E-state index contributed by atoms with van der Waals surface area (Å²) in [6.45, 7) is 2.30. The highest BCUT2D eigenvalue weighted by molar-refractivity contribution is 5.93. The zero-order valence-corrected chi connectivity index (χ0v) is 7.56. The average Bonchev–Trinajstić information content (AvgIpc) is 2.18. The summed E-state index contributed by atoms with van der Waals surface area (Å²) in [4.78, 5) is 24.4. The predicted molar refractivity (Wildman–Crippen MR) is 48.9 cm³/mol. The molecule has 0 fully saturated rings. The maximum absolute atomic E-state index is 11.2. The number of hydrogen-bond donors (Lipinski definition) is 1. The fraction of sp³-hybridized carbons (Fsp3) is 0.250. The van der Waals surface area contributed by atoms with E-state index in [1.54, 1.807) is 6.92 Å². The van der Waals surface area contributed by atoms with Crippen molar-refractivity contribution in [2.24, 2.45) is 0 Å². The fourth-order valence-corrected chi connectivity index (χ4v) is 0.891. The van der Waals surface area contributed by atoms with E-state index in [9.17, 15) is 14.9 Å². The van der Waals surface area contributed by atoms with E-state index in [-0.39, 0.29) is 11.7 Å². The van der Waals surface area contributed by atoms with Crippen LogP contribution in [-0.2, 0) is 0 Å². The van der Waals surface area contributed by atoms with Gasteiger partial charge in [-0.1, -0.05) is 0 Å². The number of nitrogens with zero attached hydrogens (tertiary/aromatic N) is 2. The van der Waals surface area contributed by atoms with E-state index >= 15 is 0 Å². The maximum atomic E-state index is 11.2. The van der Waals surface area contributed by atoms with Crippen LogP contribution in [0.1, 0.15) is 17.3 Å². The van der Waals surface area contributed by atoms with Crippen molar-refractivity contribution >= 4 is 11.7 Å². The first kappa shape index (κ1) is 10.1. The van der Waals surface area contributed by atoms with Crippen LogP contribution in [0.25, 0.3) is 0 Å². The summed E-state index contributed by atoms with van der Waals surface area (Å²) < 4.78 is 0. The molecule has 0 saturated heterocycles. The Kier molecular flexibility index (Phi) is 3.11. The number of rotatable bonds is 3. The van der Waals surface area contributed by atoms with E-state index in [1.165, 1.54) is 18.3 Å². The van der Waals surface area contributed by atoms with Crippen molar-refractivity contribution in [3.63, 3.8) is 0 Å². The molecule has 0 aromatic carbocycles. The fourth-order valence-electron chi connectivity index (χ4n) is 0.891. The molecule has 0 unspecified atom stereocenters. The van der Waals surface area contributed by atoms with Gasteiger partial charge in [0.25, 0.3) is 5.91 Å². The molecule has 14 heavy (non-hydrogen) atoms. The molecule has 1 aromatic rings. The van der Waals surface area contributed by atoms with Crippen molar-refractivity contribution < 1.29 is 9.72 Å². The van der Waals surface area contributed by atoms with Gasteiger partial charge in [-0.2, -0.15) is 0 Å². The first-order chi connectivity index (χ1) is 6.65.